The molecule has 2 rings (SSSR count). The molecule has 1 heterocycles. The van der Waals surface area contributed by atoms with Crippen molar-refractivity contribution >= 4 is 5.97 Å². The molecule has 0 unspecified atom stereocenters. The van der Waals surface area contributed by atoms with Crippen molar-refractivity contribution in [2.75, 3.05) is 0 Å². The van der Waals surface area contributed by atoms with Crippen LogP contribution in [0.15, 0.2) is 34.7 Å². The third-order valence-electron chi connectivity index (χ3n) is 2.61. The Morgan fingerprint density at radius 1 is 1.12 bits per heavy atom. The molecule has 1 N–H and O–H groups in total. The number of carboxylic acids is 1. The number of rotatable bonds is 2. The van der Waals surface area contributed by atoms with Crippen LogP contribution < -0.4 is 0 Å². The maximum Gasteiger partial charge on any atom is 0.371 e. The summed E-state index contributed by atoms with van der Waals surface area (Å²) in [7, 11) is 0. The van der Waals surface area contributed by atoms with Crippen LogP contribution in [-0.4, -0.2) is 11.1 Å². The van der Waals surface area contributed by atoms with Crippen LogP contribution in [0.5, 0.6) is 0 Å². The average molecular weight is 216 g/mol. The first-order valence-electron chi connectivity index (χ1n) is 4.98. The molecule has 0 bridgehead atoms. The Bertz CT molecular complexity index is 538. The number of aromatic carboxylic acids is 1. The van der Waals surface area contributed by atoms with Gasteiger partial charge in [-0.1, -0.05) is 12.1 Å². The molecule has 3 heteroatoms. The van der Waals surface area contributed by atoms with Gasteiger partial charge < -0.3 is 9.52 Å². The lowest BCUT2D eigenvalue weighted by atomic mass is 10.1. The fraction of sp³-hybridized carbons (Fsp3) is 0.154. The number of hydrogen-bond acceptors (Lipinski definition) is 2. The number of furan rings is 1. The number of hydrogen-bond donors (Lipinski definition) is 1. The highest BCUT2D eigenvalue weighted by Gasteiger charge is 2.10. The van der Waals surface area contributed by atoms with Crippen molar-refractivity contribution in [1.29, 1.82) is 0 Å². The van der Waals surface area contributed by atoms with Crippen molar-refractivity contribution in [1.82, 2.24) is 0 Å². The van der Waals surface area contributed by atoms with Gasteiger partial charge in [0.2, 0.25) is 5.76 Å². The molecular weight excluding hydrogens is 204 g/mol. The van der Waals surface area contributed by atoms with Gasteiger partial charge in [0.05, 0.1) is 0 Å². The molecule has 0 spiro atoms. The second kappa shape index (κ2) is 3.85. The van der Waals surface area contributed by atoms with Crippen LogP contribution in [0.2, 0.25) is 0 Å². The zero-order chi connectivity index (χ0) is 11.7. The van der Waals surface area contributed by atoms with Crippen molar-refractivity contribution in [3.63, 3.8) is 0 Å². The molecule has 0 fully saturated rings. The molecule has 0 aliphatic rings. The Balaban J connectivity index is 2.42. The van der Waals surface area contributed by atoms with Gasteiger partial charge in [0.15, 0.2) is 0 Å². The fourth-order valence-electron chi connectivity index (χ4n) is 1.50. The maximum absolute atomic E-state index is 10.7. The van der Waals surface area contributed by atoms with E-state index in [0.29, 0.717) is 5.76 Å². The molecule has 1 aromatic carbocycles. The van der Waals surface area contributed by atoms with Gasteiger partial charge in [-0.15, -0.1) is 0 Å². The second-order valence-electron chi connectivity index (χ2n) is 3.77. The van der Waals surface area contributed by atoms with Crippen LogP contribution >= 0.6 is 0 Å². The topological polar surface area (TPSA) is 50.4 Å². The van der Waals surface area contributed by atoms with Crippen molar-refractivity contribution in [3.8, 4) is 11.3 Å². The quantitative estimate of drug-likeness (QED) is 0.838. The molecule has 0 atom stereocenters. The zero-order valence-corrected chi connectivity index (χ0v) is 9.15. The molecule has 0 aliphatic heterocycles. The van der Waals surface area contributed by atoms with Gasteiger partial charge in [0, 0.05) is 5.56 Å². The number of carbonyl (C=O) groups is 1. The first-order valence-corrected chi connectivity index (χ1v) is 4.98. The minimum absolute atomic E-state index is 0.0340. The van der Waals surface area contributed by atoms with Crippen LogP contribution in [0, 0.1) is 13.8 Å². The molecule has 0 saturated heterocycles. The third-order valence-corrected chi connectivity index (χ3v) is 2.61. The van der Waals surface area contributed by atoms with Crippen LogP contribution in [-0.2, 0) is 0 Å². The lowest BCUT2D eigenvalue weighted by molar-refractivity contribution is 0.0663. The van der Waals surface area contributed by atoms with Gasteiger partial charge in [0.1, 0.15) is 5.76 Å². The van der Waals surface area contributed by atoms with E-state index in [4.69, 9.17) is 9.52 Å². The summed E-state index contributed by atoms with van der Waals surface area (Å²) < 4.78 is 5.23. The highest BCUT2D eigenvalue weighted by atomic mass is 16.4. The summed E-state index contributed by atoms with van der Waals surface area (Å²) in [5.74, 6) is -0.496. The van der Waals surface area contributed by atoms with E-state index in [1.165, 1.54) is 11.6 Å². The Labute approximate surface area is 93.3 Å². The highest BCUT2D eigenvalue weighted by molar-refractivity contribution is 5.85. The van der Waals surface area contributed by atoms with E-state index in [0.717, 1.165) is 11.1 Å². The first-order chi connectivity index (χ1) is 7.58. The molecule has 0 radical (unpaired) electrons. The summed E-state index contributed by atoms with van der Waals surface area (Å²) in [4.78, 5) is 10.7. The van der Waals surface area contributed by atoms with Crippen molar-refractivity contribution in [2.45, 2.75) is 13.8 Å². The summed E-state index contributed by atoms with van der Waals surface area (Å²) in [6.07, 6.45) is 0. The predicted molar refractivity (Wildman–Crippen MR) is 60.6 cm³/mol. The van der Waals surface area contributed by atoms with Gasteiger partial charge in [-0.2, -0.15) is 0 Å². The number of carboxylic acid groups (broad SMARTS) is 1. The molecule has 16 heavy (non-hydrogen) atoms. The van der Waals surface area contributed by atoms with E-state index >= 15 is 0 Å². The first kappa shape index (κ1) is 10.5. The van der Waals surface area contributed by atoms with E-state index in [1.54, 1.807) is 6.07 Å². The van der Waals surface area contributed by atoms with E-state index in [2.05, 4.69) is 0 Å². The minimum Gasteiger partial charge on any atom is -0.475 e. The highest BCUT2D eigenvalue weighted by Crippen LogP contribution is 2.24. The summed E-state index contributed by atoms with van der Waals surface area (Å²) in [6.45, 7) is 4.05. The van der Waals surface area contributed by atoms with Crippen LogP contribution in [0.3, 0.4) is 0 Å². The summed E-state index contributed by atoms with van der Waals surface area (Å²) in [5.41, 5.74) is 3.26. The SMILES string of the molecule is Cc1ccc(-c2ccc(C(=O)O)o2)cc1C. The fourth-order valence-corrected chi connectivity index (χ4v) is 1.50. The van der Waals surface area contributed by atoms with Crippen LogP contribution in [0.25, 0.3) is 11.3 Å². The van der Waals surface area contributed by atoms with E-state index in [-0.39, 0.29) is 5.76 Å². The average Bonchev–Trinajstić information content (AvgIpc) is 2.71. The molecule has 3 nitrogen and oxygen atoms in total. The Hall–Kier alpha value is -2.03. The van der Waals surface area contributed by atoms with Gasteiger partial charge in [0.25, 0.3) is 0 Å². The van der Waals surface area contributed by atoms with Gasteiger partial charge in [-0.25, -0.2) is 4.79 Å². The van der Waals surface area contributed by atoms with Crippen molar-refractivity contribution in [2.24, 2.45) is 0 Å². The normalized spacial score (nSPS) is 10.4. The number of aryl methyl sites for hydroxylation is 2. The van der Waals surface area contributed by atoms with E-state index in [1.807, 2.05) is 32.0 Å². The summed E-state index contributed by atoms with van der Waals surface area (Å²) in [6, 6.07) is 9.04. The molecule has 2 aromatic rings. The third kappa shape index (κ3) is 1.84. The standard InChI is InChI=1S/C13H12O3/c1-8-3-4-10(7-9(8)2)11-5-6-12(16-11)13(14)15/h3-7H,1-2H3,(H,14,15). The van der Waals surface area contributed by atoms with Crippen molar-refractivity contribution in [3.05, 3.63) is 47.2 Å². The molecular formula is C13H12O3. The minimum atomic E-state index is -1.05. The smallest absolute Gasteiger partial charge is 0.371 e. The predicted octanol–water partition coefficient (Wildman–Crippen LogP) is 3.26. The monoisotopic (exact) mass is 216 g/mol. The van der Waals surface area contributed by atoms with Gasteiger partial charge >= 0.3 is 5.97 Å². The van der Waals surface area contributed by atoms with E-state index in [9.17, 15) is 4.79 Å². The second-order valence-corrected chi connectivity index (χ2v) is 3.77. The van der Waals surface area contributed by atoms with Crippen LogP contribution in [0.4, 0.5) is 0 Å². The largest absolute Gasteiger partial charge is 0.475 e. The summed E-state index contributed by atoms with van der Waals surface area (Å²) in [5, 5.41) is 8.75. The molecule has 0 aliphatic carbocycles. The zero-order valence-electron chi connectivity index (χ0n) is 9.15. The molecule has 0 amide bonds. The van der Waals surface area contributed by atoms with E-state index < -0.39 is 5.97 Å². The lowest BCUT2D eigenvalue weighted by Gasteiger charge is -2.02. The van der Waals surface area contributed by atoms with Gasteiger partial charge in [-0.3, -0.25) is 0 Å². The summed E-state index contributed by atoms with van der Waals surface area (Å²) >= 11 is 0. The number of benzene rings is 1. The Morgan fingerprint density at radius 3 is 2.44 bits per heavy atom. The molecule has 0 saturated carbocycles. The lowest BCUT2D eigenvalue weighted by Crippen LogP contribution is -1.91. The maximum atomic E-state index is 10.7. The Morgan fingerprint density at radius 2 is 1.88 bits per heavy atom. The van der Waals surface area contributed by atoms with Crippen molar-refractivity contribution < 1.29 is 14.3 Å². The van der Waals surface area contributed by atoms with Crippen LogP contribution in [0.1, 0.15) is 21.7 Å². The Kier molecular flexibility index (Phi) is 2.52. The molecule has 82 valence electrons. The molecule has 1 aromatic heterocycles. The van der Waals surface area contributed by atoms with Gasteiger partial charge in [-0.05, 0) is 43.2 Å².